The molecule has 0 heterocycles. The number of para-hydroxylation sites is 1. The molecule has 0 aliphatic heterocycles. The average Bonchev–Trinajstić information content (AvgIpc) is 2.61. The molecule has 2 aromatic carbocycles. The van der Waals surface area contributed by atoms with Gasteiger partial charge in [-0.15, -0.1) is 0 Å². The van der Waals surface area contributed by atoms with Gasteiger partial charge in [-0.25, -0.2) is 0 Å². The molecule has 132 valence electrons. The number of hydrogen-bond acceptors (Lipinski definition) is 3. The Labute approximate surface area is 149 Å². The normalized spacial score (nSPS) is 10.9. The predicted octanol–water partition coefficient (Wildman–Crippen LogP) is 4.77. The average molecular weight is 339 g/mol. The summed E-state index contributed by atoms with van der Waals surface area (Å²) in [6, 6.07) is 15.0. The first-order valence-corrected chi connectivity index (χ1v) is 8.43. The number of rotatable bonds is 8. The van der Waals surface area contributed by atoms with Gasteiger partial charge in [-0.2, -0.15) is 0 Å². The van der Waals surface area contributed by atoms with Gasteiger partial charge in [0.15, 0.2) is 11.5 Å². The standard InChI is InChI=1S/C21H25NO3/c1-16(2)13-14-25-19-11-9-17(15-20(19)24-3)10-12-21(23)22-18-7-5-4-6-8-18/h4-12,15-16H,13-14H2,1-3H3,(H,22,23). The zero-order chi connectivity index (χ0) is 18.1. The minimum Gasteiger partial charge on any atom is -0.493 e. The van der Waals surface area contributed by atoms with E-state index >= 15 is 0 Å². The fourth-order valence-electron chi connectivity index (χ4n) is 2.19. The minimum atomic E-state index is -0.178. The van der Waals surface area contributed by atoms with E-state index in [1.807, 2.05) is 48.5 Å². The van der Waals surface area contributed by atoms with Gasteiger partial charge in [0.25, 0.3) is 0 Å². The van der Waals surface area contributed by atoms with E-state index in [0.717, 1.165) is 17.7 Å². The molecule has 0 saturated heterocycles. The summed E-state index contributed by atoms with van der Waals surface area (Å²) in [5, 5.41) is 2.81. The molecule has 4 nitrogen and oxygen atoms in total. The number of nitrogens with one attached hydrogen (secondary N) is 1. The van der Waals surface area contributed by atoms with Crippen molar-refractivity contribution < 1.29 is 14.3 Å². The first kappa shape index (κ1) is 18.6. The van der Waals surface area contributed by atoms with Crippen LogP contribution >= 0.6 is 0 Å². The highest BCUT2D eigenvalue weighted by Gasteiger charge is 2.06. The quantitative estimate of drug-likeness (QED) is 0.705. The van der Waals surface area contributed by atoms with E-state index in [2.05, 4.69) is 19.2 Å². The Balaban J connectivity index is 1.98. The summed E-state index contributed by atoms with van der Waals surface area (Å²) >= 11 is 0. The largest absolute Gasteiger partial charge is 0.493 e. The maximum atomic E-state index is 12.0. The third-order valence-corrected chi connectivity index (χ3v) is 3.61. The summed E-state index contributed by atoms with van der Waals surface area (Å²) < 4.78 is 11.2. The van der Waals surface area contributed by atoms with Crippen molar-refractivity contribution in [1.82, 2.24) is 0 Å². The monoisotopic (exact) mass is 339 g/mol. The van der Waals surface area contributed by atoms with Gasteiger partial charge >= 0.3 is 0 Å². The second kappa shape index (κ2) is 9.52. The van der Waals surface area contributed by atoms with Crippen LogP contribution in [-0.4, -0.2) is 19.6 Å². The molecule has 2 rings (SSSR count). The topological polar surface area (TPSA) is 47.6 Å². The maximum absolute atomic E-state index is 12.0. The molecule has 1 amide bonds. The third-order valence-electron chi connectivity index (χ3n) is 3.61. The van der Waals surface area contributed by atoms with Gasteiger partial charge in [-0.1, -0.05) is 38.1 Å². The van der Waals surface area contributed by atoms with Gasteiger partial charge in [0.2, 0.25) is 5.91 Å². The Hall–Kier alpha value is -2.75. The maximum Gasteiger partial charge on any atom is 0.248 e. The number of carbonyl (C=O) groups excluding carboxylic acids is 1. The number of benzene rings is 2. The van der Waals surface area contributed by atoms with Crippen LogP contribution in [-0.2, 0) is 4.79 Å². The number of amides is 1. The molecule has 0 saturated carbocycles. The first-order valence-electron chi connectivity index (χ1n) is 8.43. The number of methoxy groups -OCH3 is 1. The molecule has 0 aliphatic rings. The lowest BCUT2D eigenvalue weighted by atomic mass is 10.1. The van der Waals surface area contributed by atoms with Gasteiger partial charge < -0.3 is 14.8 Å². The summed E-state index contributed by atoms with van der Waals surface area (Å²) in [6.07, 6.45) is 4.24. The molecule has 0 fully saturated rings. The van der Waals surface area contributed by atoms with Crippen molar-refractivity contribution in [2.24, 2.45) is 5.92 Å². The highest BCUT2D eigenvalue weighted by Crippen LogP contribution is 2.29. The first-order chi connectivity index (χ1) is 12.1. The summed E-state index contributed by atoms with van der Waals surface area (Å²) in [5.74, 6) is 1.79. The lowest BCUT2D eigenvalue weighted by Crippen LogP contribution is -2.07. The van der Waals surface area contributed by atoms with E-state index in [4.69, 9.17) is 9.47 Å². The number of ether oxygens (including phenoxy) is 2. The van der Waals surface area contributed by atoms with Crippen molar-refractivity contribution in [3.63, 3.8) is 0 Å². The van der Waals surface area contributed by atoms with Gasteiger partial charge in [0.1, 0.15) is 0 Å². The van der Waals surface area contributed by atoms with Crippen LogP contribution in [0.1, 0.15) is 25.8 Å². The van der Waals surface area contributed by atoms with Crippen molar-refractivity contribution in [2.75, 3.05) is 19.0 Å². The molecule has 0 aromatic heterocycles. The minimum absolute atomic E-state index is 0.178. The lowest BCUT2D eigenvalue weighted by Gasteiger charge is -2.12. The smallest absolute Gasteiger partial charge is 0.248 e. The van der Waals surface area contributed by atoms with Gasteiger partial charge in [-0.3, -0.25) is 4.79 Å². The highest BCUT2D eigenvalue weighted by molar-refractivity contribution is 6.01. The predicted molar refractivity (Wildman–Crippen MR) is 102 cm³/mol. The molecular formula is C21H25NO3. The van der Waals surface area contributed by atoms with Crippen molar-refractivity contribution in [3.8, 4) is 11.5 Å². The van der Waals surface area contributed by atoms with Crippen LogP contribution in [0.2, 0.25) is 0 Å². The molecule has 4 heteroatoms. The van der Waals surface area contributed by atoms with Crippen LogP contribution in [0.5, 0.6) is 11.5 Å². The molecule has 0 atom stereocenters. The van der Waals surface area contributed by atoms with Crippen molar-refractivity contribution in [1.29, 1.82) is 0 Å². The van der Waals surface area contributed by atoms with Gasteiger partial charge in [-0.05, 0) is 48.2 Å². The van der Waals surface area contributed by atoms with E-state index in [-0.39, 0.29) is 5.91 Å². The fourth-order valence-corrected chi connectivity index (χ4v) is 2.19. The SMILES string of the molecule is COc1cc(C=CC(=O)Nc2ccccc2)ccc1OCCC(C)C. The zero-order valence-corrected chi connectivity index (χ0v) is 15.0. The molecule has 0 bridgehead atoms. The Morgan fingerprint density at radius 3 is 2.56 bits per heavy atom. The summed E-state index contributed by atoms with van der Waals surface area (Å²) in [6.45, 7) is 4.98. The Kier molecular flexibility index (Phi) is 7.08. The molecule has 0 spiro atoms. The lowest BCUT2D eigenvalue weighted by molar-refractivity contribution is -0.111. The van der Waals surface area contributed by atoms with Crippen molar-refractivity contribution in [2.45, 2.75) is 20.3 Å². The third kappa shape index (κ3) is 6.34. The molecule has 0 radical (unpaired) electrons. The van der Waals surface area contributed by atoms with E-state index in [1.54, 1.807) is 13.2 Å². The molecule has 1 N–H and O–H groups in total. The fraction of sp³-hybridized carbons (Fsp3) is 0.286. The van der Waals surface area contributed by atoms with Crippen LogP contribution < -0.4 is 14.8 Å². The number of anilines is 1. The summed E-state index contributed by atoms with van der Waals surface area (Å²) in [4.78, 5) is 12.0. The van der Waals surface area contributed by atoms with E-state index < -0.39 is 0 Å². The Morgan fingerprint density at radius 1 is 1.12 bits per heavy atom. The number of hydrogen-bond donors (Lipinski definition) is 1. The van der Waals surface area contributed by atoms with Crippen molar-refractivity contribution in [3.05, 3.63) is 60.2 Å². The van der Waals surface area contributed by atoms with E-state index in [0.29, 0.717) is 24.0 Å². The van der Waals surface area contributed by atoms with Crippen LogP contribution in [0, 0.1) is 5.92 Å². The highest BCUT2D eigenvalue weighted by atomic mass is 16.5. The molecular weight excluding hydrogens is 314 g/mol. The Morgan fingerprint density at radius 2 is 1.88 bits per heavy atom. The molecule has 0 aliphatic carbocycles. The zero-order valence-electron chi connectivity index (χ0n) is 15.0. The van der Waals surface area contributed by atoms with E-state index in [1.165, 1.54) is 6.08 Å². The van der Waals surface area contributed by atoms with Crippen LogP contribution in [0.4, 0.5) is 5.69 Å². The Bertz CT molecular complexity index is 708. The van der Waals surface area contributed by atoms with E-state index in [9.17, 15) is 4.79 Å². The summed E-state index contributed by atoms with van der Waals surface area (Å²) in [5.41, 5.74) is 1.64. The second-order valence-corrected chi connectivity index (χ2v) is 6.13. The van der Waals surface area contributed by atoms with Crippen LogP contribution in [0.3, 0.4) is 0 Å². The van der Waals surface area contributed by atoms with Crippen LogP contribution in [0.15, 0.2) is 54.6 Å². The molecule has 25 heavy (non-hydrogen) atoms. The van der Waals surface area contributed by atoms with Crippen LogP contribution in [0.25, 0.3) is 6.08 Å². The van der Waals surface area contributed by atoms with Gasteiger partial charge in [0, 0.05) is 11.8 Å². The van der Waals surface area contributed by atoms with Gasteiger partial charge in [0.05, 0.1) is 13.7 Å². The number of carbonyl (C=O) groups is 1. The molecule has 0 unspecified atom stereocenters. The summed E-state index contributed by atoms with van der Waals surface area (Å²) in [7, 11) is 1.61. The second-order valence-electron chi connectivity index (χ2n) is 6.13. The molecule has 2 aromatic rings. The van der Waals surface area contributed by atoms with Crippen molar-refractivity contribution >= 4 is 17.7 Å².